The molecule has 1 fully saturated rings. The number of benzene rings is 1. The molecule has 0 unspecified atom stereocenters. The van der Waals surface area contributed by atoms with Gasteiger partial charge in [0.25, 0.3) is 0 Å². The van der Waals surface area contributed by atoms with Gasteiger partial charge in [-0.3, -0.25) is 4.90 Å². The lowest BCUT2D eigenvalue weighted by Crippen LogP contribution is -2.26. The summed E-state index contributed by atoms with van der Waals surface area (Å²) < 4.78 is 29.8. The second kappa shape index (κ2) is 8.96. The van der Waals surface area contributed by atoms with Gasteiger partial charge in [0, 0.05) is 37.5 Å². The van der Waals surface area contributed by atoms with Crippen molar-refractivity contribution in [3.05, 3.63) is 28.9 Å². The number of H-pyrrole nitrogens is 1. The number of rotatable bonds is 7. The average Bonchev–Trinajstić information content (AvgIpc) is 3.38. The molecule has 1 aromatic carbocycles. The Morgan fingerprint density at radius 3 is 2.74 bits per heavy atom. The van der Waals surface area contributed by atoms with Gasteiger partial charge in [-0.2, -0.15) is 15.2 Å². The van der Waals surface area contributed by atoms with Crippen LogP contribution in [0.25, 0.3) is 22.3 Å². The second-order valence-corrected chi connectivity index (χ2v) is 7.52. The van der Waals surface area contributed by atoms with Crippen molar-refractivity contribution < 1.29 is 18.6 Å². The van der Waals surface area contributed by atoms with Crippen molar-refractivity contribution in [2.45, 2.75) is 12.6 Å². The molecule has 0 saturated carbocycles. The number of halogens is 2. The van der Waals surface area contributed by atoms with Crippen LogP contribution in [0.4, 0.5) is 4.39 Å². The molecule has 0 bridgehead atoms. The number of nitrogens with one attached hydrogen (secondary N) is 1. The topological polar surface area (TPSA) is 96.3 Å². The van der Waals surface area contributed by atoms with Crippen LogP contribution in [0.1, 0.15) is 12.0 Å². The Labute approximate surface area is 183 Å². The second-order valence-electron chi connectivity index (χ2n) is 7.11. The average molecular weight is 446 g/mol. The van der Waals surface area contributed by atoms with E-state index in [0.29, 0.717) is 77.0 Å². The van der Waals surface area contributed by atoms with Crippen molar-refractivity contribution in [2.75, 3.05) is 40.5 Å². The molecule has 4 rings (SSSR count). The van der Waals surface area contributed by atoms with Crippen LogP contribution < -0.4 is 14.2 Å². The minimum Gasteiger partial charge on any atom is -0.493 e. The fraction of sp³-hybridized carbons (Fsp3) is 0.381. The summed E-state index contributed by atoms with van der Waals surface area (Å²) in [7, 11) is 3.05. The standard InChI is InChI=1S/C21H21ClFN5O3/c1-29-16-7-14(15(22)8-17(16)30-2)19-18-12(9-24)10-25-20(18)27-21(26-19)31-6-5-28-4-3-13(23)11-28/h7-8,10,13H,3-6,11H2,1-2H3,(H,25,26,27)/t13-/m0/s1. The Hall–Kier alpha value is -3.09. The van der Waals surface area contributed by atoms with Gasteiger partial charge in [-0.1, -0.05) is 11.6 Å². The molecule has 0 radical (unpaired) electrons. The van der Waals surface area contributed by atoms with Crippen molar-refractivity contribution >= 4 is 22.6 Å². The van der Waals surface area contributed by atoms with Crippen LogP contribution in [-0.2, 0) is 0 Å². The van der Waals surface area contributed by atoms with Gasteiger partial charge in [-0.05, 0) is 12.5 Å². The minimum absolute atomic E-state index is 0.135. The monoisotopic (exact) mass is 445 g/mol. The van der Waals surface area contributed by atoms with Crippen molar-refractivity contribution in [3.8, 4) is 34.8 Å². The normalized spacial score (nSPS) is 16.4. The first-order valence-corrected chi connectivity index (χ1v) is 10.1. The number of hydrogen-bond donors (Lipinski definition) is 1. The highest BCUT2D eigenvalue weighted by molar-refractivity contribution is 6.34. The number of ether oxygens (including phenoxy) is 3. The van der Waals surface area contributed by atoms with Crippen LogP contribution in [0.2, 0.25) is 5.02 Å². The Morgan fingerprint density at radius 2 is 2.06 bits per heavy atom. The summed E-state index contributed by atoms with van der Waals surface area (Å²) in [6.07, 6.45) is 1.33. The summed E-state index contributed by atoms with van der Waals surface area (Å²) in [5.41, 5.74) is 1.82. The molecule has 1 saturated heterocycles. The van der Waals surface area contributed by atoms with E-state index in [2.05, 4.69) is 21.0 Å². The highest BCUT2D eigenvalue weighted by atomic mass is 35.5. The van der Waals surface area contributed by atoms with E-state index in [4.69, 9.17) is 25.8 Å². The van der Waals surface area contributed by atoms with E-state index >= 15 is 0 Å². The summed E-state index contributed by atoms with van der Waals surface area (Å²) in [6, 6.07) is 5.61. The molecule has 10 heteroatoms. The Kier molecular flexibility index (Phi) is 6.11. The van der Waals surface area contributed by atoms with Crippen LogP contribution in [0.5, 0.6) is 17.5 Å². The third-order valence-corrected chi connectivity index (χ3v) is 5.53. The third-order valence-electron chi connectivity index (χ3n) is 5.21. The smallest absolute Gasteiger partial charge is 0.319 e. The van der Waals surface area contributed by atoms with E-state index in [9.17, 15) is 9.65 Å². The van der Waals surface area contributed by atoms with Crippen LogP contribution >= 0.6 is 11.6 Å². The fourth-order valence-corrected chi connectivity index (χ4v) is 3.89. The predicted molar refractivity (Wildman–Crippen MR) is 114 cm³/mol. The first-order valence-electron chi connectivity index (χ1n) is 9.74. The molecule has 1 atom stereocenters. The van der Waals surface area contributed by atoms with E-state index in [-0.39, 0.29) is 6.01 Å². The van der Waals surface area contributed by atoms with E-state index in [1.165, 1.54) is 14.2 Å². The number of likely N-dealkylation sites (tertiary alicyclic amines) is 1. The number of fused-ring (bicyclic) bond motifs is 1. The van der Waals surface area contributed by atoms with Gasteiger partial charge in [0.05, 0.1) is 35.9 Å². The van der Waals surface area contributed by atoms with Gasteiger partial charge in [-0.15, -0.1) is 0 Å². The zero-order valence-electron chi connectivity index (χ0n) is 17.1. The molecular weight excluding hydrogens is 425 g/mol. The SMILES string of the molecule is COc1cc(Cl)c(-c2nc(OCCN3CC[C@H](F)C3)nc3[nH]cc(C#N)c23)cc1OC. The van der Waals surface area contributed by atoms with Crippen molar-refractivity contribution in [1.82, 2.24) is 19.9 Å². The maximum absolute atomic E-state index is 13.4. The summed E-state index contributed by atoms with van der Waals surface area (Å²) in [5.74, 6) is 0.948. The first-order chi connectivity index (χ1) is 15.0. The highest BCUT2D eigenvalue weighted by Crippen LogP contribution is 2.40. The summed E-state index contributed by atoms with van der Waals surface area (Å²) in [5, 5.41) is 10.4. The van der Waals surface area contributed by atoms with Crippen LogP contribution in [-0.4, -0.2) is 66.5 Å². The van der Waals surface area contributed by atoms with Gasteiger partial charge in [0.15, 0.2) is 11.5 Å². The van der Waals surface area contributed by atoms with Gasteiger partial charge in [0.1, 0.15) is 24.5 Å². The number of methoxy groups -OCH3 is 2. The molecule has 0 aliphatic carbocycles. The maximum Gasteiger partial charge on any atom is 0.319 e. The van der Waals surface area contributed by atoms with E-state index in [1.54, 1.807) is 18.3 Å². The van der Waals surface area contributed by atoms with Crippen LogP contribution in [0.3, 0.4) is 0 Å². The molecule has 1 aliphatic rings. The number of nitrogens with zero attached hydrogens (tertiary/aromatic N) is 4. The molecule has 3 heterocycles. The van der Waals surface area contributed by atoms with Crippen molar-refractivity contribution in [3.63, 3.8) is 0 Å². The maximum atomic E-state index is 13.4. The van der Waals surface area contributed by atoms with E-state index in [0.717, 1.165) is 0 Å². The van der Waals surface area contributed by atoms with Gasteiger partial charge >= 0.3 is 6.01 Å². The molecule has 1 N–H and O–H groups in total. The van der Waals surface area contributed by atoms with E-state index < -0.39 is 6.17 Å². The molecular formula is C21H21ClFN5O3. The zero-order valence-corrected chi connectivity index (χ0v) is 17.9. The minimum atomic E-state index is -0.783. The summed E-state index contributed by atoms with van der Waals surface area (Å²) >= 11 is 6.52. The molecule has 0 spiro atoms. The van der Waals surface area contributed by atoms with Crippen molar-refractivity contribution in [1.29, 1.82) is 5.26 Å². The van der Waals surface area contributed by atoms with Crippen molar-refractivity contribution in [2.24, 2.45) is 0 Å². The lowest BCUT2D eigenvalue weighted by molar-refractivity contribution is 0.215. The Morgan fingerprint density at radius 1 is 1.29 bits per heavy atom. The van der Waals surface area contributed by atoms with E-state index in [1.807, 2.05) is 4.90 Å². The molecule has 2 aromatic heterocycles. The fourth-order valence-electron chi connectivity index (χ4n) is 3.65. The molecule has 8 nitrogen and oxygen atoms in total. The quantitative estimate of drug-likeness (QED) is 0.593. The predicted octanol–water partition coefficient (Wildman–Crippen LogP) is 3.59. The largest absolute Gasteiger partial charge is 0.493 e. The summed E-state index contributed by atoms with van der Waals surface area (Å²) in [6.45, 7) is 2.00. The number of alkyl halides is 1. The van der Waals surface area contributed by atoms with Gasteiger partial charge < -0.3 is 19.2 Å². The molecule has 162 valence electrons. The third kappa shape index (κ3) is 4.22. The van der Waals surface area contributed by atoms with Crippen LogP contribution in [0, 0.1) is 11.3 Å². The molecule has 3 aromatic rings. The Balaban J connectivity index is 1.71. The number of aromatic nitrogens is 3. The highest BCUT2D eigenvalue weighted by Gasteiger charge is 2.23. The molecule has 31 heavy (non-hydrogen) atoms. The van der Waals surface area contributed by atoms with Crippen LogP contribution in [0.15, 0.2) is 18.3 Å². The zero-order chi connectivity index (χ0) is 22.0. The number of aromatic amines is 1. The lowest BCUT2D eigenvalue weighted by atomic mass is 10.1. The number of nitriles is 1. The molecule has 1 aliphatic heterocycles. The molecule has 0 amide bonds. The lowest BCUT2D eigenvalue weighted by Gasteiger charge is -2.15. The Bertz CT molecular complexity index is 1150. The first kappa shape index (κ1) is 21.2. The van der Waals surface area contributed by atoms with Gasteiger partial charge in [0.2, 0.25) is 0 Å². The number of hydrogen-bond acceptors (Lipinski definition) is 7. The summed E-state index contributed by atoms with van der Waals surface area (Å²) in [4.78, 5) is 13.9. The van der Waals surface area contributed by atoms with Gasteiger partial charge in [-0.25, -0.2) is 4.39 Å².